The standard InChI is InChI=1S/C23H21NO4/c25-19(28-18-9-5-4-8-17(18)14-6-2-1-3-7-14)13-24-22(26)20-15-10-11-16(12-15)21(20)23(24)27/h1-9,15-16,20-21H,10-13H2/t15-,16-,20-,21+/m0/s1. The Kier molecular flexibility index (Phi) is 4.04. The predicted octanol–water partition coefficient (Wildman–Crippen LogP) is 3.29. The summed E-state index contributed by atoms with van der Waals surface area (Å²) in [6, 6.07) is 16.9. The second kappa shape index (κ2) is 6.59. The molecule has 2 saturated carbocycles. The topological polar surface area (TPSA) is 63.7 Å². The second-order valence-corrected chi connectivity index (χ2v) is 7.98. The van der Waals surface area contributed by atoms with Crippen molar-refractivity contribution in [3.63, 3.8) is 0 Å². The molecule has 4 atom stereocenters. The van der Waals surface area contributed by atoms with E-state index in [1.54, 1.807) is 12.1 Å². The van der Waals surface area contributed by atoms with Crippen LogP contribution in [0.1, 0.15) is 19.3 Å². The maximum Gasteiger partial charge on any atom is 0.331 e. The van der Waals surface area contributed by atoms with Gasteiger partial charge in [-0.3, -0.25) is 14.5 Å². The number of nitrogens with zero attached hydrogens (tertiary/aromatic N) is 1. The Balaban J connectivity index is 1.33. The summed E-state index contributed by atoms with van der Waals surface area (Å²) >= 11 is 0. The predicted molar refractivity (Wildman–Crippen MR) is 102 cm³/mol. The molecule has 142 valence electrons. The molecule has 28 heavy (non-hydrogen) atoms. The van der Waals surface area contributed by atoms with Gasteiger partial charge in [-0.1, -0.05) is 48.5 Å². The van der Waals surface area contributed by atoms with Gasteiger partial charge >= 0.3 is 5.97 Å². The number of hydrogen-bond acceptors (Lipinski definition) is 4. The van der Waals surface area contributed by atoms with E-state index >= 15 is 0 Å². The maximum absolute atomic E-state index is 12.8. The fraction of sp³-hybridized carbons (Fsp3) is 0.348. The fourth-order valence-corrected chi connectivity index (χ4v) is 5.32. The highest BCUT2D eigenvalue weighted by atomic mass is 16.5. The lowest BCUT2D eigenvalue weighted by Crippen LogP contribution is -2.38. The van der Waals surface area contributed by atoms with Crippen molar-refractivity contribution in [2.24, 2.45) is 23.7 Å². The lowest BCUT2D eigenvalue weighted by molar-refractivity contribution is -0.148. The Morgan fingerprint density at radius 2 is 1.50 bits per heavy atom. The van der Waals surface area contributed by atoms with E-state index in [-0.39, 0.29) is 30.2 Å². The zero-order chi connectivity index (χ0) is 19.3. The van der Waals surface area contributed by atoms with E-state index in [9.17, 15) is 14.4 Å². The first-order valence-electron chi connectivity index (χ1n) is 9.84. The van der Waals surface area contributed by atoms with Crippen molar-refractivity contribution >= 4 is 17.8 Å². The average molecular weight is 375 g/mol. The summed E-state index contributed by atoms with van der Waals surface area (Å²) in [6.07, 6.45) is 3.02. The summed E-state index contributed by atoms with van der Waals surface area (Å²) in [7, 11) is 0. The highest BCUT2D eigenvalue weighted by molar-refractivity contribution is 6.08. The molecule has 3 fully saturated rings. The van der Waals surface area contributed by atoms with Crippen LogP contribution >= 0.6 is 0 Å². The first kappa shape index (κ1) is 17.2. The second-order valence-electron chi connectivity index (χ2n) is 7.98. The highest BCUT2D eigenvalue weighted by Crippen LogP contribution is 2.56. The summed E-state index contributed by atoms with van der Waals surface area (Å²) in [4.78, 5) is 39.2. The minimum Gasteiger partial charge on any atom is -0.425 e. The van der Waals surface area contributed by atoms with Crippen LogP contribution in [0.15, 0.2) is 54.6 Å². The number of carbonyl (C=O) groups excluding carboxylic acids is 3. The Labute approximate surface area is 163 Å². The molecule has 0 spiro atoms. The molecule has 1 aliphatic heterocycles. The van der Waals surface area contributed by atoms with Crippen molar-refractivity contribution in [1.82, 2.24) is 4.90 Å². The fourth-order valence-electron chi connectivity index (χ4n) is 5.32. The minimum absolute atomic E-state index is 0.185. The van der Waals surface area contributed by atoms with Crippen LogP contribution in [0.4, 0.5) is 0 Å². The number of likely N-dealkylation sites (tertiary alicyclic amines) is 1. The number of hydrogen-bond donors (Lipinski definition) is 0. The first-order valence-corrected chi connectivity index (χ1v) is 9.84. The number of benzene rings is 2. The van der Waals surface area contributed by atoms with Crippen LogP contribution in [0.25, 0.3) is 11.1 Å². The summed E-state index contributed by atoms with van der Waals surface area (Å²) in [6.45, 7) is -0.312. The Hall–Kier alpha value is -2.95. The SMILES string of the molecule is O=C(CN1C(=O)[C@@H]2[C@H]3CC[C@@H](C3)[C@@H]2C1=O)Oc1ccccc1-c1ccccc1. The van der Waals surface area contributed by atoms with Crippen molar-refractivity contribution in [2.45, 2.75) is 19.3 Å². The maximum atomic E-state index is 12.8. The van der Waals surface area contributed by atoms with Crippen molar-refractivity contribution in [2.75, 3.05) is 6.54 Å². The van der Waals surface area contributed by atoms with Crippen molar-refractivity contribution in [3.05, 3.63) is 54.6 Å². The molecule has 5 heteroatoms. The van der Waals surface area contributed by atoms with Gasteiger partial charge in [0.2, 0.25) is 11.8 Å². The molecule has 3 aliphatic rings. The Bertz CT molecular complexity index is 926. The molecule has 2 aromatic rings. The van der Waals surface area contributed by atoms with E-state index in [1.807, 2.05) is 42.5 Å². The third-order valence-electron chi connectivity index (χ3n) is 6.50. The summed E-state index contributed by atoms with van der Waals surface area (Å²) in [5.41, 5.74) is 1.73. The molecule has 5 nitrogen and oxygen atoms in total. The zero-order valence-electron chi connectivity index (χ0n) is 15.4. The smallest absolute Gasteiger partial charge is 0.331 e. The first-order chi connectivity index (χ1) is 13.6. The van der Waals surface area contributed by atoms with Gasteiger partial charge in [0.25, 0.3) is 0 Å². The quantitative estimate of drug-likeness (QED) is 0.467. The number of amides is 2. The molecule has 1 heterocycles. The largest absolute Gasteiger partial charge is 0.425 e. The zero-order valence-corrected chi connectivity index (χ0v) is 15.4. The normalized spacial score (nSPS) is 27.9. The molecule has 0 N–H and O–H groups in total. The molecular weight excluding hydrogens is 354 g/mol. The number of fused-ring (bicyclic) bond motifs is 5. The molecule has 1 saturated heterocycles. The third kappa shape index (κ3) is 2.65. The molecule has 2 amide bonds. The van der Waals surface area contributed by atoms with E-state index in [0.717, 1.165) is 35.3 Å². The minimum atomic E-state index is -0.586. The van der Waals surface area contributed by atoms with E-state index in [1.165, 1.54) is 0 Å². The molecule has 2 aliphatic carbocycles. The van der Waals surface area contributed by atoms with Gasteiger partial charge in [-0.05, 0) is 42.7 Å². The molecule has 0 radical (unpaired) electrons. The van der Waals surface area contributed by atoms with E-state index < -0.39 is 5.97 Å². The number of esters is 1. The van der Waals surface area contributed by atoms with Gasteiger partial charge in [-0.25, -0.2) is 4.79 Å². The monoisotopic (exact) mass is 375 g/mol. The van der Waals surface area contributed by atoms with Crippen molar-refractivity contribution < 1.29 is 19.1 Å². The molecule has 0 aromatic heterocycles. The van der Waals surface area contributed by atoms with Gasteiger partial charge in [-0.15, -0.1) is 0 Å². The summed E-state index contributed by atoms with van der Waals surface area (Å²) in [5, 5.41) is 0. The van der Waals surface area contributed by atoms with E-state index in [2.05, 4.69) is 0 Å². The van der Waals surface area contributed by atoms with Crippen LogP contribution in [-0.4, -0.2) is 29.2 Å². The Morgan fingerprint density at radius 3 is 2.18 bits per heavy atom. The van der Waals surface area contributed by atoms with E-state index in [4.69, 9.17) is 4.74 Å². The lowest BCUT2D eigenvalue weighted by atomic mass is 9.81. The van der Waals surface area contributed by atoms with Gasteiger partial charge in [-0.2, -0.15) is 0 Å². The summed E-state index contributed by atoms with van der Waals surface area (Å²) in [5.74, 6) is -0.328. The van der Waals surface area contributed by atoms with E-state index in [0.29, 0.717) is 17.6 Å². The van der Waals surface area contributed by atoms with Crippen LogP contribution in [0.2, 0.25) is 0 Å². The van der Waals surface area contributed by atoms with Gasteiger partial charge in [0, 0.05) is 5.56 Å². The van der Waals surface area contributed by atoms with Crippen molar-refractivity contribution in [3.8, 4) is 16.9 Å². The summed E-state index contributed by atoms with van der Waals surface area (Å²) < 4.78 is 5.56. The average Bonchev–Trinajstić information content (AvgIpc) is 3.39. The number of imide groups is 1. The number of para-hydroxylation sites is 1. The highest BCUT2D eigenvalue weighted by Gasteiger charge is 2.61. The van der Waals surface area contributed by atoms with Crippen LogP contribution in [0, 0.1) is 23.7 Å². The molecule has 5 rings (SSSR count). The van der Waals surface area contributed by atoms with Crippen LogP contribution < -0.4 is 4.74 Å². The number of carbonyl (C=O) groups is 3. The molecule has 0 unspecified atom stereocenters. The molecule has 2 aromatic carbocycles. The molecular formula is C23H21NO4. The van der Waals surface area contributed by atoms with Gasteiger partial charge < -0.3 is 4.74 Å². The Morgan fingerprint density at radius 1 is 0.893 bits per heavy atom. The number of ether oxygens (including phenoxy) is 1. The van der Waals surface area contributed by atoms with Crippen LogP contribution in [0.3, 0.4) is 0 Å². The van der Waals surface area contributed by atoms with Gasteiger partial charge in [0.1, 0.15) is 12.3 Å². The number of rotatable bonds is 4. The lowest BCUT2D eigenvalue weighted by Gasteiger charge is -2.19. The molecule has 2 bridgehead atoms. The van der Waals surface area contributed by atoms with Crippen molar-refractivity contribution in [1.29, 1.82) is 0 Å². The van der Waals surface area contributed by atoms with Crippen LogP contribution in [-0.2, 0) is 14.4 Å². The third-order valence-corrected chi connectivity index (χ3v) is 6.50. The van der Waals surface area contributed by atoms with Gasteiger partial charge in [0.05, 0.1) is 11.8 Å². The van der Waals surface area contributed by atoms with Crippen LogP contribution in [0.5, 0.6) is 5.75 Å². The van der Waals surface area contributed by atoms with Gasteiger partial charge in [0.15, 0.2) is 0 Å².